The Morgan fingerprint density at radius 1 is 1.44 bits per heavy atom. The number of halogens is 3. The van der Waals surface area contributed by atoms with Crippen molar-refractivity contribution in [3.63, 3.8) is 0 Å². The van der Waals surface area contributed by atoms with Gasteiger partial charge in [-0.3, -0.25) is 0 Å². The van der Waals surface area contributed by atoms with Gasteiger partial charge in [0.05, 0.1) is 0 Å². The highest BCUT2D eigenvalue weighted by Gasteiger charge is 2.74. The molecule has 1 fully saturated rings. The Bertz CT molecular complexity index is 117. The van der Waals surface area contributed by atoms with Crippen LogP contribution in [0.4, 0.5) is 8.78 Å². The molecule has 0 bridgehead atoms. The molecule has 1 saturated carbocycles. The van der Waals surface area contributed by atoms with Crippen molar-refractivity contribution in [2.45, 2.75) is 19.8 Å². The lowest BCUT2D eigenvalue weighted by Gasteiger charge is -1.96. The summed E-state index contributed by atoms with van der Waals surface area (Å²) in [5.74, 6) is -2.89. The molecule has 0 nitrogen and oxygen atoms in total. The van der Waals surface area contributed by atoms with Crippen LogP contribution in [0.25, 0.3) is 0 Å². The first-order chi connectivity index (χ1) is 3.94. The molecule has 0 spiro atoms. The van der Waals surface area contributed by atoms with Crippen molar-refractivity contribution in [2.24, 2.45) is 11.3 Å². The van der Waals surface area contributed by atoms with E-state index in [9.17, 15) is 8.78 Å². The van der Waals surface area contributed by atoms with Crippen molar-refractivity contribution in [3.8, 4) is 0 Å². The van der Waals surface area contributed by atoms with Gasteiger partial charge in [-0.05, 0) is 0 Å². The molecular weight excluding hydrogens is 190 g/mol. The first kappa shape index (κ1) is 7.45. The molecule has 54 valence electrons. The molecule has 0 amide bonds. The average Bonchev–Trinajstić information content (AvgIpc) is 2.00. The topological polar surface area (TPSA) is 0 Å². The van der Waals surface area contributed by atoms with E-state index in [-0.39, 0.29) is 0 Å². The molecule has 1 atom stereocenters. The van der Waals surface area contributed by atoms with Gasteiger partial charge in [0.15, 0.2) is 0 Å². The Labute approximate surface area is 61.8 Å². The summed E-state index contributed by atoms with van der Waals surface area (Å²) in [5.41, 5.74) is -0.767. The molecule has 0 heterocycles. The molecule has 9 heavy (non-hydrogen) atoms. The molecule has 0 saturated heterocycles. The zero-order valence-corrected chi connectivity index (χ0v) is 7.00. The quantitative estimate of drug-likeness (QED) is 0.569. The van der Waals surface area contributed by atoms with Gasteiger partial charge in [-0.1, -0.05) is 29.8 Å². The Morgan fingerprint density at radius 3 is 1.78 bits per heavy atom. The summed E-state index contributed by atoms with van der Waals surface area (Å²) in [6, 6.07) is 0. The molecule has 1 rings (SSSR count). The molecule has 0 unspecified atom stereocenters. The second-order valence-corrected chi connectivity index (χ2v) is 3.70. The maximum Gasteiger partial charge on any atom is 0.257 e. The second kappa shape index (κ2) is 1.68. The molecule has 0 aromatic heterocycles. The van der Waals surface area contributed by atoms with Gasteiger partial charge in [0.25, 0.3) is 5.92 Å². The minimum Gasteiger partial charge on any atom is -0.206 e. The van der Waals surface area contributed by atoms with E-state index in [1.807, 2.05) is 0 Å². The number of rotatable bonds is 1. The largest absolute Gasteiger partial charge is 0.257 e. The number of alkyl halides is 3. The van der Waals surface area contributed by atoms with Crippen LogP contribution in [0, 0.1) is 11.3 Å². The first-order valence-corrected chi connectivity index (χ1v) is 4.00. The van der Waals surface area contributed by atoms with Crippen LogP contribution in [0.3, 0.4) is 0 Å². The fourth-order valence-electron chi connectivity index (χ4n) is 1.05. The standard InChI is InChI=1S/C6H9BrF2/c1-5(2)4(3-7)6(5,8)9/h4H,3H2,1-2H3/t4-/m1/s1. The van der Waals surface area contributed by atoms with E-state index in [0.29, 0.717) is 5.33 Å². The Morgan fingerprint density at radius 2 is 1.78 bits per heavy atom. The van der Waals surface area contributed by atoms with Crippen molar-refractivity contribution >= 4 is 15.9 Å². The smallest absolute Gasteiger partial charge is 0.206 e. The molecular formula is C6H9BrF2. The first-order valence-electron chi connectivity index (χ1n) is 2.88. The van der Waals surface area contributed by atoms with Gasteiger partial charge in [0, 0.05) is 16.7 Å². The van der Waals surface area contributed by atoms with E-state index >= 15 is 0 Å². The number of hydrogen-bond donors (Lipinski definition) is 0. The van der Waals surface area contributed by atoms with Crippen molar-refractivity contribution < 1.29 is 8.78 Å². The van der Waals surface area contributed by atoms with Crippen LogP contribution in [0.1, 0.15) is 13.8 Å². The van der Waals surface area contributed by atoms with Crippen molar-refractivity contribution in [1.82, 2.24) is 0 Å². The summed E-state index contributed by atoms with van der Waals surface area (Å²) in [6.07, 6.45) is 0. The van der Waals surface area contributed by atoms with E-state index in [1.54, 1.807) is 13.8 Å². The summed E-state index contributed by atoms with van der Waals surface area (Å²) >= 11 is 3.05. The summed E-state index contributed by atoms with van der Waals surface area (Å²) in [4.78, 5) is 0. The van der Waals surface area contributed by atoms with Gasteiger partial charge in [0.1, 0.15) is 0 Å². The monoisotopic (exact) mass is 198 g/mol. The van der Waals surface area contributed by atoms with Crippen LogP contribution in [0.15, 0.2) is 0 Å². The fraction of sp³-hybridized carbons (Fsp3) is 1.00. The third-order valence-electron chi connectivity index (χ3n) is 2.24. The van der Waals surface area contributed by atoms with Gasteiger partial charge in [0.2, 0.25) is 0 Å². The lowest BCUT2D eigenvalue weighted by Crippen LogP contribution is -1.99. The van der Waals surface area contributed by atoms with Gasteiger partial charge in [-0.25, -0.2) is 8.78 Å². The minimum atomic E-state index is -2.43. The van der Waals surface area contributed by atoms with Crippen LogP contribution in [-0.2, 0) is 0 Å². The predicted molar refractivity (Wildman–Crippen MR) is 36.0 cm³/mol. The maximum atomic E-state index is 12.5. The highest BCUT2D eigenvalue weighted by atomic mass is 79.9. The Balaban J connectivity index is 2.66. The van der Waals surface area contributed by atoms with Gasteiger partial charge in [-0.15, -0.1) is 0 Å². The fourth-order valence-corrected chi connectivity index (χ4v) is 2.26. The molecule has 3 heteroatoms. The number of hydrogen-bond acceptors (Lipinski definition) is 0. The van der Waals surface area contributed by atoms with Crippen LogP contribution in [0.5, 0.6) is 0 Å². The van der Waals surface area contributed by atoms with Gasteiger partial charge < -0.3 is 0 Å². The molecule has 0 aromatic rings. The maximum absolute atomic E-state index is 12.5. The molecule has 0 aromatic carbocycles. The van der Waals surface area contributed by atoms with Crippen molar-refractivity contribution in [3.05, 3.63) is 0 Å². The van der Waals surface area contributed by atoms with E-state index < -0.39 is 17.3 Å². The van der Waals surface area contributed by atoms with E-state index in [2.05, 4.69) is 15.9 Å². The summed E-state index contributed by atoms with van der Waals surface area (Å²) in [7, 11) is 0. The second-order valence-electron chi connectivity index (χ2n) is 3.05. The third kappa shape index (κ3) is 0.736. The van der Waals surface area contributed by atoms with Gasteiger partial charge in [-0.2, -0.15) is 0 Å². The summed E-state index contributed by atoms with van der Waals surface area (Å²) in [5, 5.41) is 0.410. The van der Waals surface area contributed by atoms with Crippen LogP contribution >= 0.6 is 15.9 Å². The Kier molecular flexibility index (Phi) is 1.39. The molecule has 0 N–H and O–H groups in total. The predicted octanol–water partition coefficient (Wildman–Crippen LogP) is 2.67. The highest BCUT2D eigenvalue weighted by Crippen LogP contribution is 2.65. The van der Waals surface area contributed by atoms with Gasteiger partial charge >= 0.3 is 0 Å². The summed E-state index contributed by atoms with van der Waals surface area (Å²) in [6.45, 7) is 3.19. The minimum absolute atomic E-state index is 0.410. The normalized spacial score (nSPS) is 36.3. The van der Waals surface area contributed by atoms with Crippen molar-refractivity contribution in [2.75, 3.05) is 5.33 Å². The van der Waals surface area contributed by atoms with Crippen LogP contribution < -0.4 is 0 Å². The lowest BCUT2D eigenvalue weighted by atomic mass is 10.1. The Hall–Kier alpha value is 0.340. The average molecular weight is 199 g/mol. The lowest BCUT2D eigenvalue weighted by molar-refractivity contribution is 0.0687. The SMILES string of the molecule is CC1(C)[C@@H](CBr)C1(F)F. The molecule has 1 aliphatic rings. The zero-order chi connectivity index (χ0) is 7.28. The van der Waals surface area contributed by atoms with Crippen molar-refractivity contribution in [1.29, 1.82) is 0 Å². The highest BCUT2D eigenvalue weighted by molar-refractivity contribution is 9.09. The van der Waals surface area contributed by atoms with E-state index in [0.717, 1.165) is 0 Å². The third-order valence-corrected chi connectivity index (χ3v) is 2.89. The summed E-state index contributed by atoms with van der Waals surface area (Å²) < 4.78 is 25.1. The van der Waals surface area contributed by atoms with E-state index in [4.69, 9.17) is 0 Å². The molecule has 0 aliphatic heterocycles. The zero-order valence-electron chi connectivity index (χ0n) is 5.42. The molecule has 1 aliphatic carbocycles. The molecule has 0 radical (unpaired) electrons. The van der Waals surface area contributed by atoms with Crippen LogP contribution in [0.2, 0.25) is 0 Å². The van der Waals surface area contributed by atoms with Crippen LogP contribution in [-0.4, -0.2) is 11.3 Å². The van der Waals surface area contributed by atoms with E-state index in [1.165, 1.54) is 0 Å².